The van der Waals surface area contributed by atoms with Gasteiger partial charge in [-0.2, -0.15) is 0 Å². The fraction of sp³-hybridized carbons (Fsp3) is 0.235. The van der Waals surface area contributed by atoms with Gasteiger partial charge in [-0.1, -0.05) is 60.7 Å². The SMILES string of the molecule is CC(O)(CNC(=O)NCc1ccccc1)c1ccccc1. The van der Waals surface area contributed by atoms with Crippen molar-refractivity contribution in [1.82, 2.24) is 10.6 Å². The zero-order valence-corrected chi connectivity index (χ0v) is 12.0. The Kier molecular flexibility index (Phi) is 4.95. The molecule has 0 radical (unpaired) electrons. The Hall–Kier alpha value is -2.33. The van der Waals surface area contributed by atoms with Gasteiger partial charge < -0.3 is 15.7 Å². The van der Waals surface area contributed by atoms with Crippen LogP contribution < -0.4 is 10.6 Å². The molecule has 0 aliphatic carbocycles. The molecule has 0 fully saturated rings. The lowest BCUT2D eigenvalue weighted by Gasteiger charge is -2.24. The average Bonchev–Trinajstić information content (AvgIpc) is 2.53. The molecule has 1 unspecified atom stereocenters. The summed E-state index contributed by atoms with van der Waals surface area (Å²) in [5, 5.41) is 15.8. The molecule has 2 amide bonds. The molecule has 21 heavy (non-hydrogen) atoms. The molecule has 2 aromatic rings. The molecule has 1 atom stereocenters. The van der Waals surface area contributed by atoms with Gasteiger partial charge in [0.2, 0.25) is 0 Å². The summed E-state index contributed by atoms with van der Waals surface area (Å²) in [6, 6.07) is 18.7. The van der Waals surface area contributed by atoms with Crippen LogP contribution in [0.25, 0.3) is 0 Å². The maximum absolute atomic E-state index is 11.8. The number of carbonyl (C=O) groups excluding carboxylic acids is 1. The molecule has 0 saturated carbocycles. The zero-order chi connectivity index (χ0) is 15.1. The highest BCUT2D eigenvalue weighted by molar-refractivity contribution is 5.73. The Balaban J connectivity index is 1.81. The predicted octanol–water partition coefficient (Wildman–Crippen LogP) is 2.39. The van der Waals surface area contributed by atoms with Crippen molar-refractivity contribution in [3.63, 3.8) is 0 Å². The minimum Gasteiger partial charge on any atom is -0.384 e. The number of aliphatic hydroxyl groups is 1. The van der Waals surface area contributed by atoms with Gasteiger partial charge in [0.15, 0.2) is 0 Å². The summed E-state index contributed by atoms with van der Waals surface area (Å²) in [4.78, 5) is 11.8. The minimum atomic E-state index is -1.09. The molecule has 2 rings (SSSR count). The minimum absolute atomic E-state index is 0.150. The van der Waals surface area contributed by atoms with E-state index in [2.05, 4.69) is 10.6 Å². The zero-order valence-electron chi connectivity index (χ0n) is 12.0. The molecular formula is C17H20N2O2. The summed E-state index contributed by atoms with van der Waals surface area (Å²) in [5.74, 6) is 0. The molecular weight excluding hydrogens is 264 g/mol. The van der Waals surface area contributed by atoms with E-state index in [4.69, 9.17) is 0 Å². The first-order chi connectivity index (χ1) is 10.1. The largest absolute Gasteiger partial charge is 0.384 e. The summed E-state index contributed by atoms with van der Waals surface area (Å²) in [7, 11) is 0. The molecule has 0 spiro atoms. The van der Waals surface area contributed by atoms with Crippen LogP contribution in [0.4, 0.5) is 4.79 Å². The lowest BCUT2D eigenvalue weighted by atomic mass is 9.96. The van der Waals surface area contributed by atoms with E-state index >= 15 is 0 Å². The number of hydrogen-bond acceptors (Lipinski definition) is 2. The summed E-state index contributed by atoms with van der Waals surface area (Å²) < 4.78 is 0. The van der Waals surface area contributed by atoms with Crippen molar-refractivity contribution in [2.24, 2.45) is 0 Å². The number of urea groups is 1. The third-order valence-corrected chi connectivity index (χ3v) is 3.28. The van der Waals surface area contributed by atoms with Crippen LogP contribution in [0.5, 0.6) is 0 Å². The predicted molar refractivity (Wildman–Crippen MR) is 82.7 cm³/mol. The van der Waals surface area contributed by atoms with Gasteiger partial charge >= 0.3 is 6.03 Å². The fourth-order valence-corrected chi connectivity index (χ4v) is 1.99. The lowest BCUT2D eigenvalue weighted by Crippen LogP contribution is -2.43. The molecule has 0 aromatic heterocycles. The summed E-state index contributed by atoms with van der Waals surface area (Å²) in [5.41, 5.74) is 0.710. The molecule has 0 aliphatic rings. The van der Waals surface area contributed by atoms with Crippen LogP contribution in [0.15, 0.2) is 60.7 Å². The maximum Gasteiger partial charge on any atom is 0.315 e. The first-order valence-electron chi connectivity index (χ1n) is 6.91. The van der Waals surface area contributed by atoms with Crippen LogP contribution in [0.3, 0.4) is 0 Å². The van der Waals surface area contributed by atoms with Gasteiger partial charge in [-0.05, 0) is 18.1 Å². The van der Waals surface area contributed by atoms with Crippen LogP contribution in [-0.2, 0) is 12.1 Å². The maximum atomic E-state index is 11.8. The van der Waals surface area contributed by atoms with E-state index in [0.29, 0.717) is 6.54 Å². The van der Waals surface area contributed by atoms with Crippen molar-refractivity contribution in [3.05, 3.63) is 71.8 Å². The standard InChI is InChI=1S/C17H20N2O2/c1-17(21,15-10-6-3-7-11-15)13-19-16(20)18-12-14-8-4-2-5-9-14/h2-11,21H,12-13H2,1H3,(H2,18,19,20). The lowest BCUT2D eigenvalue weighted by molar-refractivity contribution is 0.0594. The Morgan fingerprint density at radius 1 is 1.00 bits per heavy atom. The summed E-state index contributed by atoms with van der Waals surface area (Å²) >= 11 is 0. The highest BCUT2D eigenvalue weighted by Crippen LogP contribution is 2.18. The van der Waals surface area contributed by atoms with E-state index in [1.165, 1.54) is 0 Å². The van der Waals surface area contributed by atoms with Gasteiger partial charge in [0.25, 0.3) is 0 Å². The molecule has 0 aliphatic heterocycles. The van der Waals surface area contributed by atoms with Gasteiger partial charge in [-0.25, -0.2) is 4.79 Å². The highest BCUT2D eigenvalue weighted by Gasteiger charge is 2.23. The molecule has 4 nitrogen and oxygen atoms in total. The van der Waals surface area contributed by atoms with Crippen molar-refractivity contribution in [3.8, 4) is 0 Å². The highest BCUT2D eigenvalue weighted by atomic mass is 16.3. The van der Waals surface area contributed by atoms with Crippen molar-refractivity contribution < 1.29 is 9.90 Å². The van der Waals surface area contributed by atoms with Crippen molar-refractivity contribution in [2.75, 3.05) is 6.54 Å². The Morgan fingerprint density at radius 3 is 2.19 bits per heavy atom. The third-order valence-electron chi connectivity index (χ3n) is 3.28. The van der Waals surface area contributed by atoms with Gasteiger partial charge in [0.1, 0.15) is 5.60 Å². The molecule has 3 N–H and O–H groups in total. The van der Waals surface area contributed by atoms with E-state index < -0.39 is 5.60 Å². The van der Waals surface area contributed by atoms with Gasteiger partial charge in [-0.3, -0.25) is 0 Å². The van der Waals surface area contributed by atoms with Gasteiger partial charge in [0.05, 0.1) is 6.54 Å². The van der Waals surface area contributed by atoms with E-state index in [1.54, 1.807) is 6.92 Å². The molecule has 0 bridgehead atoms. The third kappa shape index (κ3) is 4.61. The summed E-state index contributed by atoms with van der Waals surface area (Å²) in [6.45, 7) is 2.29. The summed E-state index contributed by atoms with van der Waals surface area (Å²) in [6.07, 6.45) is 0. The van der Waals surface area contributed by atoms with Gasteiger partial charge in [0, 0.05) is 6.54 Å². The van der Waals surface area contributed by atoms with Gasteiger partial charge in [-0.15, -0.1) is 0 Å². The second-order valence-electron chi connectivity index (χ2n) is 5.16. The molecule has 0 heterocycles. The normalized spacial score (nSPS) is 13.2. The molecule has 2 aromatic carbocycles. The Labute approximate surface area is 124 Å². The monoisotopic (exact) mass is 284 g/mol. The van der Waals surface area contributed by atoms with Crippen molar-refractivity contribution >= 4 is 6.03 Å². The number of benzene rings is 2. The van der Waals surface area contributed by atoms with E-state index in [0.717, 1.165) is 11.1 Å². The van der Waals surface area contributed by atoms with Crippen molar-refractivity contribution in [2.45, 2.75) is 19.1 Å². The van der Waals surface area contributed by atoms with E-state index in [1.807, 2.05) is 60.7 Å². The number of rotatable bonds is 5. The fourth-order valence-electron chi connectivity index (χ4n) is 1.99. The topological polar surface area (TPSA) is 61.4 Å². The molecule has 0 saturated heterocycles. The number of nitrogens with one attached hydrogen (secondary N) is 2. The number of hydrogen-bond donors (Lipinski definition) is 3. The van der Waals surface area contributed by atoms with Crippen LogP contribution in [-0.4, -0.2) is 17.7 Å². The Morgan fingerprint density at radius 2 is 1.57 bits per heavy atom. The number of amides is 2. The molecule has 110 valence electrons. The average molecular weight is 284 g/mol. The smallest absolute Gasteiger partial charge is 0.315 e. The Bertz CT molecular complexity index is 568. The van der Waals surface area contributed by atoms with Crippen LogP contribution >= 0.6 is 0 Å². The van der Waals surface area contributed by atoms with Crippen LogP contribution in [0.2, 0.25) is 0 Å². The van der Waals surface area contributed by atoms with E-state index in [9.17, 15) is 9.90 Å². The number of carbonyl (C=O) groups is 1. The second kappa shape index (κ2) is 6.90. The first kappa shape index (κ1) is 15.1. The molecule has 4 heteroatoms. The first-order valence-corrected chi connectivity index (χ1v) is 6.91. The van der Waals surface area contributed by atoms with E-state index in [-0.39, 0.29) is 12.6 Å². The quantitative estimate of drug-likeness (QED) is 0.789. The van der Waals surface area contributed by atoms with Crippen LogP contribution in [0.1, 0.15) is 18.1 Å². The van der Waals surface area contributed by atoms with Crippen LogP contribution in [0, 0.1) is 0 Å². The van der Waals surface area contributed by atoms with Crippen molar-refractivity contribution in [1.29, 1.82) is 0 Å². The second-order valence-corrected chi connectivity index (χ2v) is 5.16.